The lowest BCUT2D eigenvalue weighted by molar-refractivity contribution is -0.148. The van der Waals surface area contributed by atoms with Crippen molar-refractivity contribution in [2.24, 2.45) is 11.3 Å². The van der Waals surface area contributed by atoms with E-state index in [0.29, 0.717) is 12.8 Å². The van der Waals surface area contributed by atoms with E-state index in [1.165, 1.54) is 0 Å². The van der Waals surface area contributed by atoms with Crippen LogP contribution in [-0.2, 0) is 16.0 Å². The monoisotopic (exact) mass is 272 g/mol. The molecule has 4 atom stereocenters. The lowest BCUT2D eigenvalue weighted by Gasteiger charge is -2.33. The average Bonchev–Trinajstić information content (AvgIpc) is 2.83. The summed E-state index contributed by atoms with van der Waals surface area (Å²) < 4.78 is 0. The van der Waals surface area contributed by atoms with Crippen LogP contribution in [-0.4, -0.2) is 28.0 Å². The van der Waals surface area contributed by atoms with E-state index in [-0.39, 0.29) is 23.8 Å². The number of nitrogens with zero attached hydrogens (tertiary/aromatic N) is 1. The van der Waals surface area contributed by atoms with Gasteiger partial charge in [-0.3, -0.25) is 14.6 Å². The Morgan fingerprint density at radius 1 is 1.40 bits per heavy atom. The SMILES string of the molecule is O=C(N[C@@H]1C[C@@]2(C(=O)O)C[C@@H]12)C1CCc2cccnc21. The number of amides is 1. The van der Waals surface area contributed by atoms with E-state index in [2.05, 4.69) is 10.3 Å². The van der Waals surface area contributed by atoms with Crippen molar-refractivity contribution in [3.8, 4) is 0 Å². The van der Waals surface area contributed by atoms with E-state index in [4.69, 9.17) is 5.11 Å². The van der Waals surface area contributed by atoms with E-state index < -0.39 is 11.4 Å². The number of fused-ring (bicyclic) bond motifs is 2. The van der Waals surface area contributed by atoms with Gasteiger partial charge in [-0.25, -0.2) is 0 Å². The standard InChI is InChI=1S/C15H16N2O3/c18-13(9-4-3-8-2-1-5-16-12(8)9)17-11-7-15(14(19)20)6-10(11)15/h1-2,5,9-11H,3-4,6-7H2,(H,17,18)(H,19,20)/t9?,10-,11+,15-/m0/s1. The van der Waals surface area contributed by atoms with Crippen LogP contribution >= 0.6 is 0 Å². The van der Waals surface area contributed by atoms with E-state index >= 15 is 0 Å². The largest absolute Gasteiger partial charge is 0.481 e. The van der Waals surface area contributed by atoms with E-state index in [0.717, 1.165) is 24.1 Å². The number of carboxylic acids is 1. The van der Waals surface area contributed by atoms with Gasteiger partial charge in [-0.05, 0) is 43.2 Å². The fraction of sp³-hybridized carbons (Fsp3) is 0.533. The van der Waals surface area contributed by atoms with Gasteiger partial charge >= 0.3 is 5.97 Å². The quantitative estimate of drug-likeness (QED) is 0.863. The van der Waals surface area contributed by atoms with Gasteiger partial charge in [0.05, 0.1) is 17.0 Å². The molecule has 1 amide bonds. The lowest BCUT2D eigenvalue weighted by atomic mass is 9.79. The second kappa shape index (κ2) is 3.81. The second-order valence-corrected chi connectivity index (χ2v) is 6.23. The van der Waals surface area contributed by atoms with Gasteiger partial charge in [-0.1, -0.05) is 6.07 Å². The molecule has 0 saturated heterocycles. The molecule has 1 aromatic rings. The Labute approximate surface area is 116 Å². The predicted octanol–water partition coefficient (Wildman–Crippen LogP) is 1.09. The molecular weight excluding hydrogens is 256 g/mol. The van der Waals surface area contributed by atoms with Crippen molar-refractivity contribution in [3.05, 3.63) is 29.6 Å². The number of aliphatic carboxylic acids is 1. The molecule has 0 aliphatic heterocycles. The third-order valence-electron chi connectivity index (χ3n) is 5.23. The smallest absolute Gasteiger partial charge is 0.310 e. The molecule has 4 rings (SSSR count). The number of carboxylic acid groups (broad SMARTS) is 1. The van der Waals surface area contributed by atoms with E-state index in [1.807, 2.05) is 12.1 Å². The molecule has 2 fully saturated rings. The van der Waals surface area contributed by atoms with Crippen LogP contribution in [0.5, 0.6) is 0 Å². The van der Waals surface area contributed by atoms with Crippen LogP contribution in [0, 0.1) is 11.3 Å². The van der Waals surface area contributed by atoms with Crippen LogP contribution in [0.2, 0.25) is 0 Å². The second-order valence-electron chi connectivity index (χ2n) is 6.23. The maximum Gasteiger partial charge on any atom is 0.310 e. The molecule has 0 radical (unpaired) electrons. The van der Waals surface area contributed by atoms with Crippen LogP contribution in [0.4, 0.5) is 0 Å². The minimum absolute atomic E-state index is 0.0124. The summed E-state index contributed by atoms with van der Waals surface area (Å²) in [5, 5.41) is 12.1. The number of pyridine rings is 1. The highest BCUT2D eigenvalue weighted by Crippen LogP contribution is 2.67. The first-order chi connectivity index (χ1) is 9.62. The number of aromatic nitrogens is 1. The fourth-order valence-electron chi connectivity index (χ4n) is 3.91. The topological polar surface area (TPSA) is 79.3 Å². The van der Waals surface area contributed by atoms with Gasteiger partial charge in [0, 0.05) is 12.2 Å². The van der Waals surface area contributed by atoms with Crippen molar-refractivity contribution in [2.75, 3.05) is 0 Å². The lowest BCUT2D eigenvalue weighted by Crippen LogP contribution is -2.49. The zero-order chi connectivity index (χ0) is 13.9. The first-order valence-corrected chi connectivity index (χ1v) is 7.09. The summed E-state index contributed by atoms with van der Waals surface area (Å²) >= 11 is 0. The zero-order valence-corrected chi connectivity index (χ0v) is 11.0. The molecule has 0 spiro atoms. The maximum absolute atomic E-state index is 12.4. The van der Waals surface area contributed by atoms with Gasteiger partial charge in [-0.15, -0.1) is 0 Å². The summed E-state index contributed by atoms with van der Waals surface area (Å²) in [6.07, 6.45) is 4.73. The number of nitrogens with one attached hydrogen (secondary N) is 1. The number of hydrogen-bond acceptors (Lipinski definition) is 3. The molecule has 3 aliphatic carbocycles. The molecule has 1 heterocycles. The maximum atomic E-state index is 12.4. The fourth-order valence-corrected chi connectivity index (χ4v) is 3.91. The first-order valence-electron chi connectivity index (χ1n) is 7.09. The molecule has 5 heteroatoms. The minimum atomic E-state index is -0.708. The Kier molecular flexibility index (Phi) is 2.26. The molecule has 2 saturated carbocycles. The molecule has 3 aliphatic rings. The molecule has 20 heavy (non-hydrogen) atoms. The van der Waals surface area contributed by atoms with E-state index in [9.17, 15) is 9.59 Å². The molecular formula is C15H16N2O3. The van der Waals surface area contributed by atoms with Gasteiger partial charge in [0.15, 0.2) is 0 Å². The number of aryl methyl sites for hydroxylation is 1. The summed E-state index contributed by atoms with van der Waals surface area (Å²) in [6, 6.07) is 3.97. The summed E-state index contributed by atoms with van der Waals surface area (Å²) in [7, 11) is 0. The minimum Gasteiger partial charge on any atom is -0.481 e. The van der Waals surface area contributed by atoms with Crippen molar-refractivity contribution in [3.63, 3.8) is 0 Å². The molecule has 1 aromatic heterocycles. The van der Waals surface area contributed by atoms with Crippen molar-refractivity contribution >= 4 is 11.9 Å². The Hall–Kier alpha value is -1.91. The van der Waals surface area contributed by atoms with Crippen molar-refractivity contribution in [1.82, 2.24) is 10.3 Å². The summed E-state index contributed by atoms with van der Waals surface area (Å²) in [4.78, 5) is 27.8. The summed E-state index contributed by atoms with van der Waals surface area (Å²) in [5.41, 5.74) is 1.54. The van der Waals surface area contributed by atoms with Gasteiger partial charge in [-0.2, -0.15) is 0 Å². The Balaban J connectivity index is 1.43. The highest BCUT2D eigenvalue weighted by Gasteiger charge is 2.72. The zero-order valence-electron chi connectivity index (χ0n) is 11.0. The number of hydrogen-bond donors (Lipinski definition) is 2. The third-order valence-corrected chi connectivity index (χ3v) is 5.23. The molecule has 5 nitrogen and oxygen atoms in total. The van der Waals surface area contributed by atoms with Gasteiger partial charge in [0.2, 0.25) is 5.91 Å². The molecule has 104 valence electrons. The molecule has 1 unspecified atom stereocenters. The van der Waals surface area contributed by atoms with Crippen LogP contribution < -0.4 is 5.32 Å². The van der Waals surface area contributed by atoms with Crippen LogP contribution in [0.15, 0.2) is 18.3 Å². The number of rotatable bonds is 3. The van der Waals surface area contributed by atoms with Crippen molar-refractivity contribution < 1.29 is 14.7 Å². The van der Waals surface area contributed by atoms with Gasteiger partial charge in [0.1, 0.15) is 0 Å². The number of carbonyl (C=O) groups is 2. The van der Waals surface area contributed by atoms with Crippen LogP contribution in [0.1, 0.15) is 36.4 Å². The van der Waals surface area contributed by atoms with Gasteiger partial charge < -0.3 is 10.4 Å². The molecule has 0 aromatic carbocycles. The van der Waals surface area contributed by atoms with Crippen LogP contribution in [0.3, 0.4) is 0 Å². The Morgan fingerprint density at radius 2 is 2.25 bits per heavy atom. The predicted molar refractivity (Wildman–Crippen MR) is 70.0 cm³/mol. The van der Waals surface area contributed by atoms with Crippen molar-refractivity contribution in [2.45, 2.75) is 37.6 Å². The normalized spacial score (nSPS) is 36.5. The highest BCUT2D eigenvalue weighted by atomic mass is 16.4. The number of carbonyl (C=O) groups excluding carboxylic acids is 1. The summed E-state index contributed by atoms with van der Waals surface area (Å²) in [6.45, 7) is 0. The highest BCUT2D eigenvalue weighted by molar-refractivity contribution is 5.86. The Bertz CT molecular complexity index is 615. The Morgan fingerprint density at radius 3 is 2.95 bits per heavy atom. The first kappa shape index (κ1) is 11.9. The third kappa shape index (κ3) is 1.46. The van der Waals surface area contributed by atoms with Crippen molar-refractivity contribution in [1.29, 1.82) is 0 Å². The van der Waals surface area contributed by atoms with E-state index in [1.54, 1.807) is 6.20 Å². The molecule has 2 N–H and O–H groups in total. The van der Waals surface area contributed by atoms with Crippen LogP contribution in [0.25, 0.3) is 0 Å². The average molecular weight is 272 g/mol. The van der Waals surface area contributed by atoms with Gasteiger partial charge in [0.25, 0.3) is 0 Å². The molecule has 0 bridgehead atoms. The summed E-state index contributed by atoms with van der Waals surface area (Å²) in [5.74, 6) is -0.711.